The number of rotatable bonds is 6. The molecule has 0 radical (unpaired) electrons. The van der Waals surface area contributed by atoms with Gasteiger partial charge < -0.3 is 15.2 Å². The van der Waals surface area contributed by atoms with E-state index in [1.165, 1.54) is 0 Å². The molecule has 0 aliphatic carbocycles. The van der Waals surface area contributed by atoms with Crippen LogP contribution in [0.5, 0.6) is 5.75 Å². The Hall–Kier alpha value is -1.55. The van der Waals surface area contributed by atoms with Gasteiger partial charge in [-0.1, -0.05) is 32.0 Å². The van der Waals surface area contributed by atoms with Crippen molar-refractivity contribution in [3.63, 3.8) is 0 Å². The lowest BCUT2D eigenvalue weighted by Gasteiger charge is -2.22. The molecule has 100 valence electrons. The van der Waals surface area contributed by atoms with Crippen LogP contribution in [0, 0.1) is 5.92 Å². The summed E-state index contributed by atoms with van der Waals surface area (Å²) in [7, 11) is 0. The zero-order valence-electron chi connectivity index (χ0n) is 11.1. The van der Waals surface area contributed by atoms with Crippen LogP contribution in [0.1, 0.15) is 20.8 Å². The molecule has 2 N–H and O–H groups in total. The molecule has 0 heterocycles. The van der Waals surface area contributed by atoms with E-state index in [1.807, 2.05) is 44.2 Å². The van der Waals surface area contributed by atoms with Crippen molar-refractivity contribution in [3.8, 4) is 5.75 Å². The second-order valence-electron chi connectivity index (χ2n) is 4.63. The molecule has 18 heavy (non-hydrogen) atoms. The maximum atomic E-state index is 11.3. The molecule has 4 heteroatoms. The maximum absolute atomic E-state index is 11.3. The van der Waals surface area contributed by atoms with Crippen molar-refractivity contribution < 1.29 is 14.3 Å². The smallest absolute Gasteiger partial charge is 0.322 e. The van der Waals surface area contributed by atoms with E-state index in [0.29, 0.717) is 0 Å². The number of hydrogen-bond acceptors (Lipinski definition) is 4. The van der Waals surface area contributed by atoms with Crippen molar-refractivity contribution in [2.45, 2.75) is 32.9 Å². The first-order valence-electron chi connectivity index (χ1n) is 6.14. The second-order valence-corrected chi connectivity index (χ2v) is 4.63. The van der Waals surface area contributed by atoms with Gasteiger partial charge in [0, 0.05) is 0 Å². The lowest BCUT2D eigenvalue weighted by atomic mass is 10.1. The minimum absolute atomic E-state index is 0.171. The quantitative estimate of drug-likeness (QED) is 0.785. The molecule has 0 aliphatic rings. The molecule has 0 spiro atoms. The first kappa shape index (κ1) is 14.5. The van der Waals surface area contributed by atoms with Crippen LogP contribution in [-0.4, -0.2) is 24.7 Å². The summed E-state index contributed by atoms with van der Waals surface area (Å²) in [6, 6.07) is 8.88. The normalized spacial score (nSPS) is 14.1. The van der Waals surface area contributed by atoms with Gasteiger partial charge in [-0.05, 0) is 25.0 Å². The molecule has 0 fully saturated rings. The number of benzene rings is 1. The minimum atomic E-state index is -0.602. The SMILES string of the molecule is CC(N)C(=O)OCC(Oc1ccccc1)C(C)C. The Morgan fingerprint density at radius 1 is 1.22 bits per heavy atom. The van der Waals surface area contributed by atoms with Crippen LogP contribution < -0.4 is 10.5 Å². The van der Waals surface area contributed by atoms with Gasteiger partial charge in [0.1, 0.15) is 24.5 Å². The van der Waals surface area contributed by atoms with Crippen LogP contribution in [0.15, 0.2) is 30.3 Å². The van der Waals surface area contributed by atoms with Crippen LogP contribution in [0.25, 0.3) is 0 Å². The molecule has 0 saturated carbocycles. The topological polar surface area (TPSA) is 61.6 Å². The highest BCUT2D eigenvalue weighted by molar-refractivity contribution is 5.74. The summed E-state index contributed by atoms with van der Waals surface area (Å²) >= 11 is 0. The van der Waals surface area contributed by atoms with Gasteiger partial charge in [0.15, 0.2) is 0 Å². The van der Waals surface area contributed by atoms with Crippen LogP contribution >= 0.6 is 0 Å². The van der Waals surface area contributed by atoms with Gasteiger partial charge in [0.2, 0.25) is 0 Å². The number of carbonyl (C=O) groups is 1. The lowest BCUT2D eigenvalue weighted by molar-refractivity contribution is -0.147. The molecule has 1 aromatic carbocycles. The average molecular weight is 251 g/mol. The third kappa shape index (κ3) is 4.75. The average Bonchev–Trinajstić information content (AvgIpc) is 2.34. The van der Waals surface area contributed by atoms with E-state index in [1.54, 1.807) is 6.92 Å². The van der Waals surface area contributed by atoms with Crippen molar-refractivity contribution in [1.29, 1.82) is 0 Å². The number of para-hydroxylation sites is 1. The summed E-state index contributed by atoms with van der Waals surface area (Å²) in [4.78, 5) is 11.3. The predicted octanol–water partition coefficient (Wildman–Crippen LogP) is 1.98. The summed E-state index contributed by atoms with van der Waals surface area (Å²) < 4.78 is 10.9. The Morgan fingerprint density at radius 2 is 1.83 bits per heavy atom. The van der Waals surface area contributed by atoms with Gasteiger partial charge >= 0.3 is 5.97 Å². The zero-order valence-corrected chi connectivity index (χ0v) is 11.1. The largest absolute Gasteiger partial charge is 0.487 e. The van der Waals surface area contributed by atoms with E-state index in [9.17, 15) is 4.79 Å². The van der Waals surface area contributed by atoms with Crippen molar-refractivity contribution in [2.24, 2.45) is 11.7 Å². The van der Waals surface area contributed by atoms with E-state index in [-0.39, 0.29) is 18.6 Å². The Kier molecular flexibility index (Phi) is 5.65. The fourth-order valence-corrected chi connectivity index (χ4v) is 1.33. The first-order valence-corrected chi connectivity index (χ1v) is 6.14. The maximum Gasteiger partial charge on any atom is 0.322 e. The molecule has 0 aromatic heterocycles. The molecule has 0 aliphatic heterocycles. The number of hydrogen-bond donors (Lipinski definition) is 1. The highest BCUT2D eigenvalue weighted by atomic mass is 16.6. The van der Waals surface area contributed by atoms with Gasteiger partial charge in [-0.3, -0.25) is 4.79 Å². The molecule has 2 atom stereocenters. The standard InChI is InChI=1S/C14H21NO3/c1-10(2)13(9-17-14(16)11(3)15)18-12-7-5-4-6-8-12/h4-8,10-11,13H,9,15H2,1-3H3. The minimum Gasteiger partial charge on any atom is -0.487 e. The number of carbonyl (C=O) groups excluding carboxylic acids is 1. The Morgan fingerprint density at radius 3 is 2.33 bits per heavy atom. The number of esters is 1. The van der Waals surface area contributed by atoms with Crippen molar-refractivity contribution in [3.05, 3.63) is 30.3 Å². The first-order chi connectivity index (χ1) is 8.50. The summed E-state index contributed by atoms with van der Waals surface area (Å²) in [6.45, 7) is 5.86. The van der Waals surface area contributed by atoms with Crippen molar-refractivity contribution in [1.82, 2.24) is 0 Å². The Balaban J connectivity index is 2.53. The molecular formula is C14H21NO3. The molecule has 2 unspecified atom stereocenters. The monoisotopic (exact) mass is 251 g/mol. The van der Waals surface area contributed by atoms with E-state index in [4.69, 9.17) is 15.2 Å². The lowest BCUT2D eigenvalue weighted by Crippen LogP contribution is -2.35. The fourth-order valence-electron chi connectivity index (χ4n) is 1.33. The van der Waals surface area contributed by atoms with Crippen LogP contribution in [0.4, 0.5) is 0 Å². The number of ether oxygens (including phenoxy) is 2. The van der Waals surface area contributed by atoms with E-state index >= 15 is 0 Å². The summed E-state index contributed by atoms with van der Waals surface area (Å²) in [5.74, 6) is 0.608. The highest BCUT2D eigenvalue weighted by Gasteiger charge is 2.19. The van der Waals surface area contributed by atoms with Gasteiger partial charge in [-0.2, -0.15) is 0 Å². The molecule has 0 saturated heterocycles. The second kappa shape index (κ2) is 7.01. The Labute approximate surface area is 108 Å². The summed E-state index contributed by atoms with van der Waals surface area (Å²) in [6.07, 6.45) is -0.171. The predicted molar refractivity (Wildman–Crippen MR) is 70.3 cm³/mol. The van der Waals surface area contributed by atoms with Crippen molar-refractivity contribution in [2.75, 3.05) is 6.61 Å². The molecule has 0 amide bonds. The fraction of sp³-hybridized carbons (Fsp3) is 0.500. The Bertz CT molecular complexity index is 363. The highest BCUT2D eigenvalue weighted by Crippen LogP contribution is 2.15. The molecule has 1 aromatic rings. The van der Waals surface area contributed by atoms with Gasteiger partial charge in [-0.15, -0.1) is 0 Å². The van der Waals surface area contributed by atoms with E-state index in [0.717, 1.165) is 5.75 Å². The van der Waals surface area contributed by atoms with Crippen LogP contribution in [-0.2, 0) is 9.53 Å². The third-order valence-corrected chi connectivity index (χ3v) is 2.54. The van der Waals surface area contributed by atoms with Gasteiger partial charge in [0.25, 0.3) is 0 Å². The molecular weight excluding hydrogens is 230 g/mol. The van der Waals surface area contributed by atoms with Crippen molar-refractivity contribution >= 4 is 5.97 Å². The van der Waals surface area contributed by atoms with Gasteiger partial charge in [0.05, 0.1) is 0 Å². The van der Waals surface area contributed by atoms with Gasteiger partial charge in [-0.25, -0.2) is 0 Å². The zero-order chi connectivity index (χ0) is 13.5. The van der Waals surface area contributed by atoms with Crippen LogP contribution in [0.3, 0.4) is 0 Å². The third-order valence-electron chi connectivity index (χ3n) is 2.54. The summed E-state index contributed by atoms with van der Waals surface area (Å²) in [5, 5.41) is 0. The van der Waals surface area contributed by atoms with E-state index in [2.05, 4.69) is 0 Å². The molecule has 4 nitrogen and oxygen atoms in total. The van der Waals surface area contributed by atoms with E-state index < -0.39 is 12.0 Å². The van der Waals surface area contributed by atoms with Crippen LogP contribution in [0.2, 0.25) is 0 Å². The number of nitrogens with two attached hydrogens (primary N) is 1. The molecule has 1 rings (SSSR count). The molecule has 0 bridgehead atoms. The summed E-state index contributed by atoms with van der Waals surface area (Å²) in [5.41, 5.74) is 5.44.